The normalized spacial score (nSPS) is 15.5. The maximum atomic E-state index is 12.3. The van der Waals surface area contributed by atoms with Crippen LogP contribution in [0.25, 0.3) is 11.3 Å². The molecule has 1 aliphatic heterocycles. The first-order valence-electron chi connectivity index (χ1n) is 8.14. The van der Waals surface area contributed by atoms with E-state index in [0.717, 1.165) is 23.3 Å². The molecule has 0 saturated carbocycles. The van der Waals surface area contributed by atoms with Crippen LogP contribution < -0.4 is 15.8 Å². The van der Waals surface area contributed by atoms with Gasteiger partial charge in [0.15, 0.2) is 11.9 Å². The number of nitrogens with zero attached hydrogens (tertiary/aromatic N) is 1. The van der Waals surface area contributed by atoms with Gasteiger partial charge in [-0.3, -0.25) is 9.78 Å². The molecule has 3 heterocycles. The van der Waals surface area contributed by atoms with E-state index in [-0.39, 0.29) is 17.8 Å². The van der Waals surface area contributed by atoms with Gasteiger partial charge in [-0.25, -0.2) is 0 Å². The molecule has 2 aromatic heterocycles. The van der Waals surface area contributed by atoms with Crippen molar-refractivity contribution in [3.8, 4) is 17.1 Å². The van der Waals surface area contributed by atoms with Crippen molar-refractivity contribution in [1.29, 1.82) is 0 Å². The van der Waals surface area contributed by atoms with Gasteiger partial charge in [0, 0.05) is 12.6 Å². The van der Waals surface area contributed by atoms with Crippen molar-refractivity contribution in [3.05, 3.63) is 66.2 Å². The van der Waals surface area contributed by atoms with Crippen LogP contribution in [0.2, 0.25) is 0 Å². The molecule has 0 aliphatic carbocycles. The van der Waals surface area contributed by atoms with Gasteiger partial charge in [0.05, 0.1) is 17.4 Å². The van der Waals surface area contributed by atoms with Crippen molar-refractivity contribution in [2.24, 2.45) is 0 Å². The molecule has 0 bridgehead atoms. The Kier molecular flexibility index (Phi) is 3.95. The van der Waals surface area contributed by atoms with Crippen LogP contribution in [0.4, 0.5) is 5.69 Å². The van der Waals surface area contributed by atoms with Crippen molar-refractivity contribution in [2.75, 3.05) is 11.9 Å². The summed E-state index contributed by atoms with van der Waals surface area (Å²) in [6.45, 7) is 0.713. The van der Waals surface area contributed by atoms with Crippen LogP contribution in [0.1, 0.15) is 16.1 Å². The van der Waals surface area contributed by atoms with Crippen LogP contribution in [0.5, 0.6) is 5.75 Å². The summed E-state index contributed by atoms with van der Waals surface area (Å²) >= 11 is 0. The Hall–Kier alpha value is -3.12. The number of rotatable bonds is 4. The smallest absolute Gasteiger partial charge is 0.291 e. The van der Waals surface area contributed by atoms with Gasteiger partial charge in [-0.2, -0.15) is 0 Å². The quantitative estimate of drug-likeness (QED) is 0.763. The van der Waals surface area contributed by atoms with Crippen LogP contribution >= 0.6 is 0 Å². The third kappa shape index (κ3) is 2.99. The predicted octanol–water partition coefficient (Wildman–Crippen LogP) is 2.14. The van der Waals surface area contributed by atoms with Crippen molar-refractivity contribution >= 4 is 11.6 Å². The lowest BCUT2D eigenvalue weighted by Gasteiger charge is -2.08. The average molecular weight is 336 g/mol. The van der Waals surface area contributed by atoms with Crippen LogP contribution in [0.3, 0.4) is 0 Å². The number of para-hydroxylation sites is 1. The Morgan fingerprint density at radius 3 is 2.96 bits per heavy atom. The fourth-order valence-corrected chi connectivity index (χ4v) is 2.93. The number of quaternary nitrogens is 1. The molecule has 0 radical (unpaired) electrons. The number of nitrogens with one attached hydrogen (secondary N) is 1. The first kappa shape index (κ1) is 15.4. The number of hydrogen-bond acceptors (Lipinski definition) is 4. The number of amides is 1. The fraction of sp³-hybridized carbons (Fsp3) is 0.158. The highest BCUT2D eigenvalue weighted by atomic mass is 16.5. The molecular formula is C19H18N3O3+. The zero-order valence-electron chi connectivity index (χ0n) is 13.6. The molecular weight excluding hydrogens is 318 g/mol. The molecule has 6 nitrogen and oxygen atoms in total. The summed E-state index contributed by atoms with van der Waals surface area (Å²) in [6, 6.07) is 12.9. The Morgan fingerprint density at radius 2 is 2.16 bits per heavy atom. The van der Waals surface area contributed by atoms with Gasteiger partial charge in [-0.05, 0) is 35.9 Å². The monoisotopic (exact) mass is 336 g/mol. The molecule has 1 atom stereocenters. The molecule has 4 rings (SSSR count). The van der Waals surface area contributed by atoms with E-state index in [1.807, 2.05) is 18.2 Å². The summed E-state index contributed by atoms with van der Waals surface area (Å²) in [5, 5.41) is 2.76. The van der Waals surface area contributed by atoms with Gasteiger partial charge in [0.25, 0.3) is 5.91 Å². The number of carbonyl (C=O) groups excluding carboxylic acids is 1. The second-order valence-corrected chi connectivity index (χ2v) is 5.89. The molecule has 0 unspecified atom stereocenters. The SMILES string of the molecule is [NH3+]C[C@@H]1Cc2cccc(-c3ccc(C(=O)Nc4cccnc4)o3)c2O1. The van der Waals surface area contributed by atoms with Gasteiger partial charge in [0.1, 0.15) is 18.1 Å². The zero-order chi connectivity index (χ0) is 17.2. The minimum absolute atomic E-state index is 0.0967. The number of ether oxygens (including phenoxy) is 1. The Morgan fingerprint density at radius 1 is 1.24 bits per heavy atom. The van der Waals surface area contributed by atoms with Gasteiger partial charge < -0.3 is 20.2 Å². The number of carbonyl (C=O) groups is 1. The minimum Gasteiger partial charge on any atom is -0.483 e. The van der Waals surface area contributed by atoms with Gasteiger partial charge in [0.2, 0.25) is 0 Å². The van der Waals surface area contributed by atoms with E-state index in [9.17, 15) is 4.79 Å². The summed E-state index contributed by atoms with van der Waals surface area (Å²) in [5.74, 6) is 1.36. The first-order chi connectivity index (χ1) is 12.2. The molecule has 1 aromatic carbocycles. The van der Waals surface area contributed by atoms with E-state index in [2.05, 4.69) is 16.0 Å². The molecule has 4 N–H and O–H groups in total. The van der Waals surface area contributed by atoms with E-state index in [1.54, 1.807) is 36.7 Å². The summed E-state index contributed by atoms with van der Waals surface area (Å²) < 4.78 is 11.7. The molecule has 126 valence electrons. The van der Waals surface area contributed by atoms with Gasteiger partial charge in [-0.1, -0.05) is 12.1 Å². The number of furan rings is 1. The maximum Gasteiger partial charge on any atom is 0.291 e. The molecule has 1 amide bonds. The predicted molar refractivity (Wildman–Crippen MR) is 92.2 cm³/mol. The second kappa shape index (κ2) is 6.41. The molecule has 25 heavy (non-hydrogen) atoms. The minimum atomic E-state index is -0.316. The van der Waals surface area contributed by atoms with Crippen molar-refractivity contribution in [3.63, 3.8) is 0 Å². The van der Waals surface area contributed by atoms with Crippen LogP contribution in [-0.2, 0) is 6.42 Å². The van der Waals surface area contributed by atoms with Crippen LogP contribution in [-0.4, -0.2) is 23.5 Å². The van der Waals surface area contributed by atoms with E-state index in [0.29, 0.717) is 18.0 Å². The Balaban J connectivity index is 1.59. The molecule has 1 aliphatic rings. The topological polar surface area (TPSA) is 92.0 Å². The van der Waals surface area contributed by atoms with Gasteiger partial charge >= 0.3 is 0 Å². The number of hydrogen-bond donors (Lipinski definition) is 2. The first-order valence-corrected chi connectivity index (χ1v) is 8.14. The van der Waals surface area contributed by atoms with E-state index in [4.69, 9.17) is 9.15 Å². The number of aromatic nitrogens is 1. The lowest BCUT2D eigenvalue weighted by Crippen LogP contribution is -2.56. The molecule has 6 heteroatoms. The second-order valence-electron chi connectivity index (χ2n) is 5.89. The summed E-state index contributed by atoms with van der Waals surface area (Å²) in [4.78, 5) is 16.3. The van der Waals surface area contributed by atoms with Crippen LogP contribution in [0.15, 0.2) is 59.3 Å². The number of anilines is 1. The highest BCUT2D eigenvalue weighted by molar-refractivity contribution is 6.02. The summed E-state index contributed by atoms with van der Waals surface area (Å²) in [6.07, 6.45) is 4.18. The number of benzene rings is 1. The van der Waals surface area contributed by atoms with Crippen molar-refractivity contribution < 1.29 is 19.7 Å². The zero-order valence-corrected chi connectivity index (χ0v) is 13.6. The lowest BCUT2D eigenvalue weighted by molar-refractivity contribution is -0.380. The van der Waals surface area contributed by atoms with Crippen molar-refractivity contribution in [1.82, 2.24) is 4.98 Å². The summed E-state index contributed by atoms with van der Waals surface area (Å²) in [5.41, 5.74) is 6.53. The molecule has 3 aromatic rings. The molecule has 0 saturated heterocycles. The van der Waals surface area contributed by atoms with E-state index in [1.165, 1.54) is 0 Å². The average Bonchev–Trinajstić information content (AvgIpc) is 3.29. The van der Waals surface area contributed by atoms with E-state index < -0.39 is 0 Å². The Labute approximate surface area is 144 Å². The highest BCUT2D eigenvalue weighted by Crippen LogP contribution is 2.39. The van der Waals surface area contributed by atoms with Gasteiger partial charge in [-0.15, -0.1) is 0 Å². The molecule has 0 fully saturated rings. The standard InChI is InChI=1S/C19H17N3O3/c20-10-14-9-12-3-1-5-15(18(12)24-14)16-6-7-17(25-16)19(23)22-13-4-2-8-21-11-13/h1-8,11,14H,9-10,20H2,(H,22,23)/p+1/t14-/m0/s1. The largest absolute Gasteiger partial charge is 0.483 e. The highest BCUT2D eigenvalue weighted by Gasteiger charge is 2.27. The maximum absolute atomic E-state index is 12.3. The summed E-state index contributed by atoms with van der Waals surface area (Å²) in [7, 11) is 0. The lowest BCUT2D eigenvalue weighted by atomic mass is 10.1. The number of pyridine rings is 1. The fourth-order valence-electron chi connectivity index (χ4n) is 2.93. The van der Waals surface area contributed by atoms with Crippen LogP contribution in [0, 0.1) is 0 Å². The number of fused-ring (bicyclic) bond motifs is 1. The van der Waals surface area contributed by atoms with Crippen molar-refractivity contribution in [2.45, 2.75) is 12.5 Å². The molecule has 0 spiro atoms. The third-order valence-corrected chi connectivity index (χ3v) is 4.17. The third-order valence-electron chi connectivity index (χ3n) is 4.17. The van der Waals surface area contributed by atoms with E-state index >= 15 is 0 Å². The Bertz CT molecular complexity index is 905.